The van der Waals surface area contributed by atoms with Crippen molar-refractivity contribution in [3.8, 4) is 0 Å². The van der Waals surface area contributed by atoms with Crippen LogP contribution in [0.25, 0.3) is 0 Å². The van der Waals surface area contributed by atoms with Crippen LogP contribution in [0.3, 0.4) is 0 Å². The van der Waals surface area contributed by atoms with Crippen LogP contribution in [0.5, 0.6) is 0 Å². The van der Waals surface area contributed by atoms with Crippen LogP contribution in [0.1, 0.15) is 23.2 Å². The molecule has 0 bridgehead atoms. The highest BCUT2D eigenvalue weighted by Crippen LogP contribution is 2.20. The maximum absolute atomic E-state index is 12.4. The van der Waals surface area contributed by atoms with Crippen molar-refractivity contribution < 1.29 is 14.3 Å². The fourth-order valence-electron chi connectivity index (χ4n) is 2.65. The van der Waals surface area contributed by atoms with E-state index in [1.54, 1.807) is 24.3 Å². The quantitative estimate of drug-likeness (QED) is 0.797. The molecule has 0 aliphatic carbocycles. The summed E-state index contributed by atoms with van der Waals surface area (Å²) < 4.78 is 5.25. The molecule has 4 N–H and O–H groups in total. The molecule has 0 spiro atoms. The summed E-state index contributed by atoms with van der Waals surface area (Å²) in [5.74, 6) is -0.430. The van der Waals surface area contributed by atoms with E-state index in [-0.39, 0.29) is 11.8 Å². The number of rotatable bonds is 4. The molecular formula is C19H21N3O3. The van der Waals surface area contributed by atoms with E-state index in [0.29, 0.717) is 37.3 Å². The minimum atomic E-state index is -0.901. The van der Waals surface area contributed by atoms with Crippen LogP contribution in [0.4, 0.5) is 11.4 Å². The Morgan fingerprint density at radius 1 is 0.880 bits per heavy atom. The number of carbonyl (C=O) groups is 2. The second-order valence-corrected chi connectivity index (χ2v) is 6.12. The minimum Gasteiger partial charge on any atom is -0.381 e. The second-order valence-electron chi connectivity index (χ2n) is 6.12. The second kappa shape index (κ2) is 7.46. The Balaban J connectivity index is 1.62. The Kier molecular flexibility index (Phi) is 5.11. The minimum absolute atomic E-state index is 0.205. The van der Waals surface area contributed by atoms with Crippen molar-refractivity contribution in [2.24, 2.45) is 5.73 Å². The van der Waals surface area contributed by atoms with Gasteiger partial charge in [-0.2, -0.15) is 0 Å². The van der Waals surface area contributed by atoms with E-state index in [4.69, 9.17) is 10.5 Å². The molecule has 1 aliphatic heterocycles. The van der Waals surface area contributed by atoms with E-state index in [2.05, 4.69) is 10.6 Å². The highest BCUT2D eigenvalue weighted by atomic mass is 16.5. The lowest BCUT2D eigenvalue weighted by atomic mass is 9.90. The maximum atomic E-state index is 12.4. The van der Waals surface area contributed by atoms with Crippen molar-refractivity contribution in [2.45, 2.75) is 18.4 Å². The number of carbonyl (C=O) groups excluding carboxylic acids is 2. The predicted octanol–water partition coefficient (Wildman–Crippen LogP) is 2.39. The van der Waals surface area contributed by atoms with Gasteiger partial charge in [-0.1, -0.05) is 18.2 Å². The standard InChI is InChI=1S/C19H21N3O3/c20-19(10-12-25-13-11-19)18(24)22-16-8-6-14(7-9-16)17(23)21-15-4-2-1-3-5-15/h1-9H,10-13,20H2,(H,21,23)(H,22,24). The van der Waals surface area contributed by atoms with Gasteiger partial charge in [0.1, 0.15) is 5.54 Å². The normalized spacial score (nSPS) is 16.0. The summed E-state index contributed by atoms with van der Waals surface area (Å²) in [5, 5.41) is 5.63. The smallest absolute Gasteiger partial charge is 0.255 e. The van der Waals surface area contributed by atoms with E-state index in [9.17, 15) is 9.59 Å². The fourth-order valence-corrected chi connectivity index (χ4v) is 2.65. The first kappa shape index (κ1) is 17.1. The zero-order valence-electron chi connectivity index (χ0n) is 13.8. The van der Waals surface area contributed by atoms with Crippen LogP contribution in [0.2, 0.25) is 0 Å². The molecule has 0 unspecified atom stereocenters. The molecular weight excluding hydrogens is 318 g/mol. The summed E-state index contributed by atoms with van der Waals surface area (Å²) in [7, 11) is 0. The van der Waals surface area contributed by atoms with Crippen molar-refractivity contribution in [3.63, 3.8) is 0 Å². The van der Waals surface area contributed by atoms with Gasteiger partial charge in [0.2, 0.25) is 5.91 Å². The Labute approximate surface area is 146 Å². The average molecular weight is 339 g/mol. The van der Waals surface area contributed by atoms with Gasteiger partial charge in [-0.15, -0.1) is 0 Å². The van der Waals surface area contributed by atoms with Gasteiger partial charge in [0.25, 0.3) is 5.91 Å². The first-order chi connectivity index (χ1) is 12.1. The lowest BCUT2D eigenvalue weighted by Crippen LogP contribution is -2.54. The summed E-state index contributed by atoms with van der Waals surface area (Å²) >= 11 is 0. The Morgan fingerprint density at radius 2 is 1.48 bits per heavy atom. The van der Waals surface area contributed by atoms with Crippen LogP contribution in [-0.4, -0.2) is 30.6 Å². The topological polar surface area (TPSA) is 93.5 Å². The van der Waals surface area contributed by atoms with Gasteiger partial charge in [0.05, 0.1) is 0 Å². The van der Waals surface area contributed by atoms with Gasteiger partial charge >= 0.3 is 0 Å². The van der Waals surface area contributed by atoms with Gasteiger partial charge < -0.3 is 21.1 Å². The monoisotopic (exact) mass is 339 g/mol. The molecule has 0 saturated carbocycles. The summed E-state index contributed by atoms with van der Waals surface area (Å²) in [6.07, 6.45) is 0.993. The molecule has 2 amide bonds. The van der Waals surface area contributed by atoms with Crippen LogP contribution in [0.15, 0.2) is 54.6 Å². The Bertz CT molecular complexity index is 738. The summed E-state index contributed by atoms with van der Waals surface area (Å²) in [6, 6.07) is 16.0. The third kappa shape index (κ3) is 4.23. The lowest BCUT2D eigenvalue weighted by molar-refractivity contribution is -0.124. The van der Waals surface area contributed by atoms with Crippen LogP contribution in [0, 0.1) is 0 Å². The number of amides is 2. The number of para-hydroxylation sites is 1. The number of ether oxygens (including phenoxy) is 1. The highest BCUT2D eigenvalue weighted by molar-refractivity contribution is 6.05. The molecule has 1 saturated heterocycles. The number of hydrogen-bond donors (Lipinski definition) is 3. The van der Waals surface area contributed by atoms with Crippen molar-refractivity contribution in [1.82, 2.24) is 0 Å². The average Bonchev–Trinajstić information content (AvgIpc) is 2.64. The largest absolute Gasteiger partial charge is 0.381 e. The molecule has 2 aromatic carbocycles. The number of hydrogen-bond acceptors (Lipinski definition) is 4. The molecule has 0 aromatic heterocycles. The molecule has 130 valence electrons. The third-order valence-electron chi connectivity index (χ3n) is 4.27. The zero-order valence-corrected chi connectivity index (χ0v) is 13.8. The summed E-state index contributed by atoms with van der Waals surface area (Å²) in [4.78, 5) is 24.6. The van der Waals surface area contributed by atoms with Gasteiger partial charge in [-0.3, -0.25) is 9.59 Å². The number of nitrogens with two attached hydrogens (primary N) is 1. The van der Waals surface area contributed by atoms with Gasteiger partial charge in [0, 0.05) is 30.2 Å². The molecule has 1 heterocycles. The number of benzene rings is 2. The molecule has 6 nitrogen and oxygen atoms in total. The van der Waals surface area contributed by atoms with Crippen molar-refractivity contribution >= 4 is 23.2 Å². The van der Waals surface area contributed by atoms with E-state index in [1.807, 2.05) is 30.3 Å². The van der Waals surface area contributed by atoms with Gasteiger partial charge in [0.15, 0.2) is 0 Å². The molecule has 0 radical (unpaired) electrons. The number of anilines is 2. The lowest BCUT2D eigenvalue weighted by Gasteiger charge is -2.31. The SMILES string of the molecule is NC1(C(=O)Nc2ccc(C(=O)Nc3ccccc3)cc2)CCOCC1. The highest BCUT2D eigenvalue weighted by Gasteiger charge is 2.35. The first-order valence-corrected chi connectivity index (χ1v) is 8.21. The predicted molar refractivity (Wildman–Crippen MR) is 96.4 cm³/mol. The molecule has 3 rings (SSSR count). The number of nitrogens with one attached hydrogen (secondary N) is 2. The van der Waals surface area contributed by atoms with Crippen molar-refractivity contribution in [3.05, 3.63) is 60.2 Å². The Morgan fingerprint density at radius 3 is 2.12 bits per heavy atom. The van der Waals surface area contributed by atoms with Crippen molar-refractivity contribution in [1.29, 1.82) is 0 Å². The molecule has 6 heteroatoms. The van der Waals surface area contributed by atoms with E-state index in [1.165, 1.54) is 0 Å². The van der Waals surface area contributed by atoms with Crippen molar-refractivity contribution in [2.75, 3.05) is 23.8 Å². The van der Waals surface area contributed by atoms with Gasteiger partial charge in [-0.05, 0) is 49.2 Å². The van der Waals surface area contributed by atoms with Crippen LogP contribution < -0.4 is 16.4 Å². The third-order valence-corrected chi connectivity index (χ3v) is 4.27. The Hall–Kier alpha value is -2.70. The molecule has 25 heavy (non-hydrogen) atoms. The summed E-state index contributed by atoms with van der Waals surface area (Å²) in [6.45, 7) is 0.977. The molecule has 1 fully saturated rings. The van der Waals surface area contributed by atoms with E-state index in [0.717, 1.165) is 5.69 Å². The van der Waals surface area contributed by atoms with E-state index < -0.39 is 5.54 Å². The maximum Gasteiger partial charge on any atom is 0.255 e. The molecule has 2 aromatic rings. The van der Waals surface area contributed by atoms with Crippen LogP contribution in [-0.2, 0) is 9.53 Å². The van der Waals surface area contributed by atoms with Gasteiger partial charge in [-0.25, -0.2) is 0 Å². The molecule has 1 aliphatic rings. The van der Waals surface area contributed by atoms with Crippen LogP contribution >= 0.6 is 0 Å². The van der Waals surface area contributed by atoms with E-state index >= 15 is 0 Å². The zero-order chi connectivity index (χ0) is 17.7. The molecule has 0 atom stereocenters. The summed E-state index contributed by atoms with van der Waals surface area (Å²) in [5.41, 5.74) is 7.11. The fraction of sp³-hybridized carbons (Fsp3) is 0.263. The first-order valence-electron chi connectivity index (χ1n) is 8.21.